The highest BCUT2D eigenvalue weighted by Crippen LogP contribution is 2.30. The van der Waals surface area contributed by atoms with E-state index < -0.39 is 11.6 Å². The van der Waals surface area contributed by atoms with Gasteiger partial charge in [-0.1, -0.05) is 37.6 Å². The van der Waals surface area contributed by atoms with Crippen LogP contribution in [0.3, 0.4) is 0 Å². The minimum absolute atomic E-state index is 0.0553. The first-order valence-electron chi connectivity index (χ1n) is 7.38. The third-order valence-corrected chi connectivity index (χ3v) is 4.53. The van der Waals surface area contributed by atoms with Crippen LogP contribution in [0, 0.1) is 0 Å². The van der Waals surface area contributed by atoms with Crippen molar-refractivity contribution < 1.29 is 9.59 Å². The zero-order valence-corrected chi connectivity index (χ0v) is 13.2. The second kappa shape index (κ2) is 6.48. The summed E-state index contributed by atoms with van der Waals surface area (Å²) in [6.45, 7) is 4.09. The van der Waals surface area contributed by atoms with Gasteiger partial charge in [-0.3, -0.25) is 9.59 Å². The fraction of sp³-hybridized carbons (Fsp3) is 0.500. The van der Waals surface area contributed by atoms with Gasteiger partial charge in [0.15, 0.2) is 0 Å². The fourth-order valence-corrected chi connectivity index (χ4v) is 2.94. The summed E-state index contributed by atoms with van der Waals surface area (Å²) in [6, 6.07) is 7.15. The Kier molecular flexibility index (Phi) is 4.88. The lowest BCUT2D eigenvalue weighted by Gasteiger charge is -2.34. The van der Waals surface area contributed by atoms with E-state index in [2.05, 4.69) is 10.6 Å². The van der Waals surface area contributed by atoms with Gasteiger partial charge in [-0.05, 0) is 37.0 Å². The molecule has 0 unspecified atom stereocenters. The summed E-state index contributed by atoms with van der Waals surface area (Å²) in [4.78, 5) is 23.7. The molecular formula is C16H21ClN2O2. The van der Waals surface area contributed by atoms with Crippen LogP contribution in [0.2, 0.25) is 5.02 Å². The summed E-state index contributed by atoms with van der Waals surface area (Å²) in [7, 11) is 0. The molecule has 0 radical (unpaired) electrons. The lowest BCUT2D eigenvalue weighted by molar-refractivity contribution is -0.127. The van der Waals surface area contributed by atoms with Gasteiger partial charge < -0.3 is 10.6 Å². The Morgan fingerprint density at radius 2 is 1.95 bits per heavy atom. The van der Waals surface area contributed by atoms with E-state index in [9.17, 15) is 9.59 Å². The van der Waals surface area contributed by atoms with Crippen LogP contribution in [0.4, 0.5) is 0 Å². The van der Waals surface area contributed by atoms with E-state index >= 15 is 0 Å². The van der Waals surface area contributed by atoms with Crippen molar-refractivity contribution >= 4 is 23.4 Å². The Morgan fingerprint density at radius 3 is 2.43 bits per heavy atom. The van der Waals surface area contributed by atoms with E-state index in [0.717, 1.165) is 18.4 Å². The Morgan fingerprint density at radius 1 is 1.33 bits per heavy atom. The second-order valence-corrected chi connectivity index (χ2v) is 5.88. The molecule has 1 fully saturated rings. The predicted octanol–water partition coefficient (Wildman–Crippen LogP) is 2.75. The van der Waals surface area contributed by atoms with Gasteiger partial charge in [-0.2, -0.15) is 0 Å². The molecule has 21 heavy (non-hydrogen) atoms. The maximum Gasteiger partial charge on any atom is 0.243 e. The first-order chi connectivity index (χ1) is 10.0. The molecule has 1 aromatic rings. The molecular weight excluding hydrogens is 288 g/mol. The summed E-state index contributed by atoms with van der Waals surface area (Å²) >= 11 is 5.94. The predicted molar refractivity (Wildman–Crippen MR) is 83.0 cm³/mol. The smallest absolute Gasteiger partial charge is 0.243 e. The van der Waals surface area contributed by atoms with E-state index in [0.29, 0.717) is 17.9 Å². The van der Waals surface area contributed by atoms with Crippen LogP contribution in [0.1, 0.15) is 45.1 Å². The van der Waals surface area contributed by atoms with Crippen molar-refractivity contribution in [3.05, 3.63) is 34.9 Å². The number of hydrogen-bond acceptors (Lipinski definition) is 2. The number of carbonyl (C=O) groups is 2. The molecule has 0 spiro atoms. The number of hydrogen-bond donors (Lipinski definition) is 2. The summed E-state index contributed by atoms with van der Waals surface area (Å²) < 4.78 is 0. The molecule has 4 nitrogen and oxygen atoms in total. The van der Waals surface area contributed by atoms with Gasteiger partial charge in [0, 0.05) is 11.4 Å². The van der Waals surface area contributed by atoms with E-state index in [1.807, 2.05) is 38.1 Å². The molecule has 114 valence electrons. The SMILES string of the molecule is CCC(CC)(NC(=O)[C@@H]1CCC(=O)N1)c1ccc(Cl)cc1. The Hall–Kier alpha value is -1.55. The number of amides is 2. The first-order valence-corrected chi connectivity index (χ1v) is 7.76. The summed E-state index contributed by atoms with van der Waals surface area (Å²) in [5.41, 5.74) is 0.615. The van der Waals surface area contributed by atoms with E-state index in [1.54, 1.807) is 0 Å². The molecule has 2 rings (SSSR count). The van der Waals surface area contributed by atoms with Gasteiger partial charge in [0.2, 0.25) is 11.8 Å². The van der Waals surface area contributed by atoms with Gasteiger partial charge in [0.25, 0.3) is 0 Å². The quantitative estimate of drug-likeness (QED) is 0.878. The highest BCUT2D eigenvalue weighted by molar-refractivity contribution is 6.30. The number of benzene rings is 1. The van der Waals surface area contributed by atoms with Crippen molar-refractivity contribution in [2.24, 2.45) is 0 Å². The zero-order chi connectivity index (χ0) is 15.5. The molecule has 2 amide bonds. The van der Waals surface area contributed by atoms with Gasteiger partial charge in [0.05, 0.1) is 5.54 Å². The molecule has 1 aliphatic rings. The summed E-state index contributed by atoms with van der Waals surface area (Å²) in [5.74, 6) is -0.167. The van der Waals surface area contributed by atoms with Gasteiger partial charge in [0.1, 0.15) is 6.04 Å². The van der Waals surface area contributed by atoms with E-state index in [1.165, 1.54) is 0 Å². The maximum absolute atomic E-state index is 12.4. The average molecular weight is 309 g/mol. The van der Waals surface area contributed by atoms with Crippen molar-refractivity contribution in [3.8, 4) is 0 Å². The van der Waals surface area contributed by atoms with Crippen LogP contribution >= 0.6 is 11.6 Å². The number of carbonyl (C=O) groups excluding carboxylic acids is 2. The molecule has 1 aromatic carbocycles. The van der Waals surface area contributed by atoms with Crippen molar-refractivity contribution in [2.45, 2.75) is 51.1 Å². The Balaban J connectivity index is 2.19. The molecule has 1 aliphatic heterocycles. The Bertz CT molecular complexity index is 524. The standard InChI is InChI=1S/C16H21ClN2O2/c1-3-16(4-2,11-5-7-12(17)8-6-11)19-15(21)13-9-10-14(20)18-13/h5-8,13H,3-4,9-10H2,1-2H3,(H,18,20)(H,19,21)/t13-/m0/s1. The largest absolute Gasteiger partial charge is 0.345 e. The highest BCUT2D eigenvalue weighted by atomic mass is 35.5. The van der Waals surface area contributed by atoms with Crippen LogP contribution in [-0.2, 0) is 15.1 Å². The van der Waals surface area contributed by atoms with Crippen molar-refractivity contribution in [3.63, 3.8) is 0 Å². The number of rotatable bonds is 5. The van der Waals surface area contributed by atoms with Crippen LogP contribution in [0.5, 0.6) is 0 Å². The third kappa shape index (κ3) is 3.38. The maximum atomic E-state index is 12.4. The molecule has 1 atom stereocenters. The molecule has 1 saturated heterocycles. The fourth-order valence-electron chi connectivity index (χ4n) is 2.81. The highest BCUT2D eigenvalue weighted by Gasteiger charge is 2.35. The number of halogens is 1. The van der Waals surface area contributed by atoms with Crippen molar-refractivity contribution in [1.82, 2.24) is 10.6 Å². The average Bonchev–Trinajstić information content (AvgIpc) is 2.92. The van der Waals surface area contributed by atoms with Crippen molar-refractivity contribution in [2.75, 3.05) is 0 Å². The van der Waals surface area contributed by atoms with E-state index in [-0.39, 0.29) is 11.8 Å². The normalized spacial score (nSPS) is 18.4. The van der Waals surface area contributed by atoms with Gasteiger partial charge in [-0.15, -0.1) is 0 Å². The third-order valence-electron chi connectivity index (χ3n) is 4.28. The van der Waals surface area contributed by atoms with Crippen LogP contribution in [0.15, 0.2) is 24.3 Å². The second-order valence-electron chi connectivity index (χ2n) is 5.44. The minimum Gasteiger partial charge on any atom is -0.345 e. The van der Waals surface area contributed by atoms with E-state index in [4.69, 9.17) is 11.6 Å². The molecule has 0 aliphatic carbocycles. The monoisotopic (exact) mass is 308 g/mol. The lowest BCUT2D eigenvalue weighted by atomic mass is 9.84. The molecule has 0 saturated carbocycles. The van der Waals surface area contributed by atoms with Crippen LogP contribution in [0.25, 0.3) is 0 Å². The minimum atomic E-state index is -0.422. The summed E-state index contributed by atoms with van der Waals surface area (Å²) in [6.07, 6.45) is 2.54. The first kappa shape index (κ1) is 15.8. The lowest BCUT2D eigenvalue weighted by Crippen LogP contribution is -2.51. The van der Waals surface area contributed by atoms with Crippen LogP contribution in [-0.4, -0.2) is 17.9 Å². The topological polar surface area (TPSA) is 58.2 Å². The summed E-state index contributed by atoms with van der Waals surface area (Å²) in [5, 5.41) is 6.52. The molecule has 0 aromatic heterocycles. The molecule has 2 N–H and O–H groups in total. The molecule has 0 bridgehead atoms. The Labute approximate surface area is 130 Å². The molecule has 5 heteroatoms. The van der Waals surface area contributed by atoms with Crippen molar-refractivity contribution in [1.29, 1.82) is 0 Å². The van der Waals surface area contributed by atoms with Gasteiger partial charge in [-0.25, -0.2) is 0 Å². The van der Waals surface area contributed by atoms with Gasteiger partial charge >= 0.3 is 0 Å². The molecule has 1 heterocycles. The zero-order valence-electron chi connectivity index (χ0n) is 12.4. The van der Waals surface area contributed by atoms with Crippen LogP contribution < -0.4 is 10.6 Å². The number of nitrogens with one attached hydrogen (secondary N) is 2.